The third kappa shape index (κ3) is 3.21. The highest BCUT2D eigenvalue weighted by Gasteiger charge is 2.24. The summed E-state index contributed by atoms with van der Waals surface area (Å²) < 4.78 is 17.8. The van der Waals surface area contributed by atoms with Gasteiger partial charge >= 0.3 is 0 Å². The summed E-state index contributed by atoms with van der Waals surface area (Å²) in [4.78, 5) is 0. The van der Waals surface area contributed by atoms with Gasteiger partial charge in [0.1, 0.15) is 11.9 Å². The minimum atomic E-state index is 0.00885. The standard InChI is InChI=1S/C16H15Cl2NO2S/c17-13-5-2-6-14(18)15(13)12-4-1-3-10-7-8-11(9-19-22-20)21-16(10)12/h1-6,11,19-20H,7-9H2/t11-/m1/s1. The third-order valence-corrected chi connectivity index (χ3v) is 4.65. The van der Waals surface area contributed by atoms with Gasteiger partial charge in [0, 0.05) is 17.7 Å². The molecule has 2 aromatic carbocycles. The second-order valence-corrected chi connectivity index (χ2v) is 6.39. The van der Waals surface area contributed by atoms with Crippen molar-refractivity contribution < 1.29 is 9.29 Å². The molecule has 1 heterocycles. The summed E-state index contributed by atoms with van der Waals surface area (Å²) in [6, 6.07) is 11.5. The first-order valence-electron chi connectivity index (χ1n) is 6.97. The molecule has 0 bridgehead atoms. The van der Waals surface area contributed by atoms with Gasteiger partial charge in [0.25, 0.3) is 0 Å². The van der Waals surface area contributed by atoms with Crippen LogP contribution in [0.5, 0.6) is 5.75 Å². The van der Waals surface area contributed by atoms with Crippen LogP contribution in [0.25, 0.3) is 11.1 Å². The van der Waals surface area contributed by atoms with E-state index in [2.05, 4.69) is 10.8 Å². The largest absolute Gasteiger partial charge is 0.488 e. The zero-order chi connectivity index (χ0) is 15.5. The van der Waals surface area contributed by atoms with Crippen molar-refractivity contribution in [2.24, 2.45) is 0 Å². The fourth-order valence-electron chi connectivity index (χ4n) is 2.69. The van der Waals surface area contributed by atoms with Crippen molar-refractivity contribution in [3.63, 3.8) is 0 Å². The summed E-state index contributed by atoms with van der Waals surface area (Å²) in [6.07, 6.45) is 1.84. The van der Waals surface area contributed by atoms with Crippen molar-refractivity contribution in [3.05, 3.63) is 52.0 Å². The molecule has 0 saturated carbocycles. The highest BCUT2D eigenvalue weighted by molar-refractivity contribution is 7.91. The number of hydrogen-bond acceptors (Lipinski definition) is 4. The minimum absolute atomic E-state index is 0.00885. The van der Waals surface area contributed by atoms with E-state index in [9.17, 15) is 0 Å². The van der Waals surface area contributed by atoms with Crippen LogP contribution in [0.15, 0.2) is 36.4 Å². The maximum atomic E-state index is 8.81. The summed E-state index contributed by atoms with van der Waals surface area (Å²) in [5, 5.41) is 1.21. The SMILES string of the molecule is OSNC[C@H]1CCc2cccc(-c3c(Cl)cccc3Cl)c2O1. The van der Waals surface area contributed by atoms with E-state index >= 15 is 0 Å². The molecule has 2 aromatic rings. The maximum Gasteiger partial charge on any atom is 0.130 e. The molecule has 6 heteroatoms. The van der Waals surface area contributed by atoms with E-state index in [1.165, 1.54) is 0 Å². The highest BCUT2D eigenvalue weighted by Crippen LogP contribution is 2.43. The summed E-state index contributed by atoms with van der Waals surface area (Å²) in [6.45, 7) is 0.575. The first-order chi connectivity index (χ1) is 10.7. The Morgan fingerprint density at radius 2 is 1.91 bits per heavy atom. The number of hydrogen-bond donors (Lipinski definition) is 2. The van der Waals surface area contributed by atoms with E-state index in [1.54, 1.807) is 0 Å². The molecule has 0 saturated heterocycles. The van der Waals surface area contributed by atoms with Crippen LogP contribution in [0.4, 0.5) is 0 Å². The predicted octanol–water partition coefficient (Wildman–Crippen LogP) is 5.06. The number of halogens is 2. The Labute approximate surface area is 143 Å². The zero-order valence-corrected chi connectivity index (χ0v) is 14.0. The summed E-state index contributed by atoms with van der Waals surface area (Å²) in [7, 11) is 0. The average Bonchev–Trinajstić information content (AvgIpc) is 2.53. The van der Waals surface area contributed by atoms with Gasteiger partial charge in [-0.1, -0.05) is 47.5 Å². The quantitative estimate of drug-likeness (QED) is 0.593. The molecule has 0 aromatic heterocycles. The number of benzene rings is 2. The lowest BCUT2D eigenvalue weighted by atomic mass is 9.95. The third-order valence-electron chi connectivity index (χ3n) is 3.72. The molecule has 0 aliphatic carbocycles. The van der Waals surface area contributed by atoms with Gasteiger partial charge in [-0.15, -0.1) is 0 Å². The second-order valence-electron chi connectivity index (χ2n) is 5.11. The Bertz CT molecular complexity index is 661. The Morgan fingerprint density at radius 3 is 2.64 bits per heavy atom. The van der Waals surface area contributed by atoms with Crippen molar-refractivity contribution >= 4 is 35.4 Å². The molecule has 0 spiro atoms. The van der Waals surface area contributed by atoms with Crippen LogP contribution >= 0.6 is 35.4 Å². The van der Waals surface area contributed by atoms with Gasteiger partial charge in [0.15, 0.2) is 0 Å². The maximum absolute atomic E-state index is 8.81. The Morgan fingerprint density at radius 1 is 1.18 bits per heavy atom. The summed E-state index contributed by atoms with van der Waals surface area (Å²) in [5.41, 5.74) is 2.86. The van der Waals surface area contributed by atoms with Crippen LogP contribution in [0.3, 0.4) is 0 Å². The highest BCUT2D eigenvalue weighted by atomic mass is 35.5. The molecule has 22 heavy (non-hydrogen) atoms. The van der Waals surface area contributed by atoms with Gasteiger partial charge in [0.2, 0.25) is 0 Å². The topological polar surface area (TPSA) is 41.5 Å². The van der Waals surface area contributed by atoms with E-state index < -0.39 is 0 Å². The molecule has 116 valence electrons. The van der Waals surface area contributed by atoms with Crippen LogP contribution in [0, 0.1) is 0 Å². The van der Waals surface area contributed by atoms with Crippen LogP contribution in [0.2, 0.25) is 10.0 Å². The molecular weight excluding hydrogens is 341 g/mol. The van der Waals surface area contributed by atoms with Crippen molar-refractivity contribution in [2.75, 3.05) is 6.54 Å². The summed E-state index contributed by atoms with van der Waals surface area (Å²) in [5.74, 6) is 0.832. The number of fused-ring (bicyclic) bond motifs is 1. The second kappa shape index (κ2) is 7.11. The molecule has 3 rings (SSSR count). The molecule has 1 aliphatic heterocycles. The van der Waals surface area contributed by atoms with Crippen LogP contribution in [-0.2, 0) is 6.42 Å². The number of nitrogens with one attached hydrogen (secondary N) is 1. The molecule has 0 fully saturated rings. The fourth-order valence-corrected chi connectivity index (χ4v) is 3.55. The molecular formula is C16H15Cl2NO2S. The van der Waals surface area contributed by atoms with Gasteiger partial charge in [-0.25, -0.2) is 4.72 Å². The number of ether oxygens (including phenoxy) is 1. The number of rotatable bonds is 4. The van der Waals surface area contributed by atoms with E-state index in [1.807, 2.05) is 30.3 Å². The van der Waals surface area contributed by atoms with Gasteiger partial charge in [-0.2, -0.15) is 0 Å². The monoisotopic (exact) mass is 355 g/mol. The first kappa shape index (κ1) is 16.0. The van der Waals surface area contributed by atoms with Crippen molar-refractivity contribution in [1.82, 2.24) is 4.72 Å². The average molecular weight is 356 g/mol. The predicted molar refractivity (Wildman–Crippen MR) is 92.9 cm³/mol. The Hall–Kier alpha value is -0.910. The van der Waals surface area contributed by atoms with Crippen molar-refractivity contribution in [3.8, 4) is 16.9 Å². The molecule has 2 N–H and O–H groups in total. The van der Waals surface area contributed by atoms with E-state index in [-0.39, 0.29) is 6.10 Å². The van der Waals surface area contributed by atoms with Crippen molar-refractivity contribution in [1.29, 1.82) is 0 Å². The Balaban J connectivity index is 2.01. The van der Waals surface area contributed by atoms with E-state index in [0.717, 1.165) is 35.3 Å². The fraction of sp³-hybridized carbons (Fsp3) is 0.250. The van der Waals surface area contributed by atoms with Crippen LogP contribution in [-0.4, -0.2) is 17.2 Å². The van der Waals surface area contributed by atoms with Gasteiger partial charge < -0.3 is 9.29 Å². The number of aryl methyl sites for hydroxylation is 1. The molecule has 1 aliphatic rings. The van der Waals surface area contributed by atoms with Crippen LogP contribution < -0.4 is 9.46 Å². The molecule has 1 atom stereocenters. The molecule has 3 nitrogen and oxygen atoms in total. The van der Waals surface area contributed by atoms with E-state index in [0.29, 0.717) is 28.8 Å². The Kier molecular flexibility index (Phi) is 5.16. The summed E-state index contributed by atoms with van der Waals surface area (Å²) >= 11 is 13.3. The zero-order valence-electron chi connectivity index (χ0n) is 11.7. The lowest BCUT2D eigenvalue weighted by Gasteiger charge is -2.28. The number of para-hydroxylation sites is 1. The molecule has 0 unspecified atom stereocenters. The lowest BCUT2D eigenvalue weighted by Crippen LogP contribution is -2.31. The normalized spacial score (nSPS) is 17.0. The van der Waals surface area contributed by atoms with Gasteiger partial charge in [-0.05, 0) is 30.5 Å². The van der Waals surface area contributed by atoms with Gasteiger partial charge in [-0.3, -0.25) is 0 Å². The molecule has 0 radical (unpaired) electrons. The van der Waals surface area contributed by atoms with E-state index in [4.69, 9.17) is 32.5 Å². The van der Waals surface area contributed by atoms with Crippen molar-refractivity contribution in [2.45, 2.75) is 18.9 Å². The minimum Gasteiger partial charge on any atom is -0.488 e. The smallest absolute Gasteiger partial charge is 0.130 e. The van der Waals surface area contributed by atoms with Crippen LogP contribution in [0.1, 0.15) is 12.0 Å². The molecule has 0 amide bonds. The van der Waals surface area contributed by atoms with Gasteiger partial charge in [0.05, 0.1) is 22.3 Å². The first-order valence-corrected chi connectivity index (χ1v) is 8.50. The lowest BCUT2D eigenvalue weighted by molar-refractivity contribution is 0.178.